The molecule has 1 heterocycles. The van der Waals surface area contributed by atoms with E-state index in [4.69, 9.17) is 4.74 Å². The summed E-state index contributed by atoms with van der Waals surface area (Å²) in [6.07, 6.45) is -1.01. The Morgan fingerprint density at radius 2 is 1.87 bits per heavy atom. The minimum atomic E-state index is -1.01. The van der Waals surface area contributed by atoms with Crippen LogP contribution in [0.25, 0.3) is 0 Å². The molecule has 0 unspecified atom stereocenters. The Morgan fingerprint density at radius 3 is 2.39 bits per heavy atom. The first-order valence-corrected chi connectivity index (χ1v) is 7.63. The summed E-state index contributed by atoms with van der Waals surface area (Å²) in [7, 11) is 1.46. The molecule has 0 aliphatic carbocycles. The van der Waals surface area contributed by atoms with Gasteiger partial charge in [0.25, 0.3) is 5.91 Å². The van der Waals surface area contributed by atoms with Gasteiger partial charge in [0, 0.05) is 17.1 Å². The Bertz CT molecular complexity index is 658. The number of urea groups is 1. The lowest BCUT2D eigenvalue weighted by atomic mass is 10.1. The zero-order chi connectivity index (χ0) is 17.1. The van der Waals surface area contributed by atoms with Gasteiger partial charge in [-0.1, -0.05) is 28.1 Å². The van der Waals surface area contributed by atoms with Crippen molar-refractivity contribution in [2.75, 3.05) is 20.1 Å². The Labute approximate surface area is 141 Å². The second kappa shape index (κ2) is 6.91. The molecule has 122 valence electrons. The van der Waals surface area contributed by atoms with Crippen molar-refractivity contribution in [3.63, 3.8) is 0 Å². The normalized spacial score (nSPS) is 15.8. The van der Waals surface area contributed by atoms with Crippen LogP contribution < -0.4 is 0 Å². The van der Waals surface area contributed by atoms with Gasteiger partial charge in [0.05, 0.1) is 0 Å². The zero-order valence-corrected chi connectivity index (χ0v) is 14.2. The van der Waals surface area contributed by atoms with Crippen LogP contribution in [0, 0.1) is 0 Å². The summed E-state index contributed by atoms with van der Waals surface area (Å²) in [6.45, 7) is 0.876. The highest BCUT2D eigenvalue weighted by Gasteiger charge is 2.35. The van der Waals surface area contributed by atoms with Crippen LogP contribution in [0.4, 0.5) is 4.79 Å². The Kier molecular flexibility index (Phi) is 5.15. The Hall–Kier alpha value is -2.22. The Balaban J connectivity index is 1.94. The van der Waals surface area contributed by atoms with E-state index in [2.05, 4.69) is 15.9 Å². The number of ketones is 1. The van der Waals surface area contributed by atoms with Gasteiger partial charge in [0.15, 0.2) is 6.10 Å². The molecule has 0 aromatic heterocycles. The number of benzene rings is 1. The van der Waals surface area contributed by atoms with Gasteiger partial charge in [-0.15, -0.1) is 0 Å². The number of rotatable bonds is 5. The van der Waals surface area contributed by atoms with Crippen LogP contribution >= 0.6 is 15.9 Å². The van der Waals surface area contributed by atoms with Gasteiger partial charge in [-0.3, -0.25) is 19.3 Å². The smallest absolute Gasteiger partial charge is 0.327 e. The van der Waals surface area contributed by atoms with Gasteiger partial charge in [-0.2, -0.15) is 0 Å². The first-order valence-electron chi connectivity index (χ1n) is 6.84. The molecule has 1 aliphatic rings. The summed E-state index contributed by atoms with van der Waals surface area (Å²) in [5.41, 5.74) is 0.404. The lowest BCUT2D eigenvalue weighted by Gasteiger charge is -2.16. The zero-order valence-electron chi connectivity index (χ0n) is 12.6. The maximum absolute atomic E-state index is 12.2. The Morgan fingerprint density at radius 1 is 1.26 bits per heavy atom. The predicted octanol–water partition coefficient (Wildman–Crippen LogP) is 1.46. The maximum atomic E-state index is 12.2. The summed E-state index contributed by atoms with van der Waals surface area (Å²) >= 11 is 3.27. The number of halogens is 1. The van der Waals surface area contributed by atoms with Crippen LogP contribution in [0.1, 0.15) is 17.3 Å². The molecule has 0 saturated carbocycles. The number of esters is 1. The van der Waals surface area contributed by atoms with Crippen molar-refractivity contribution >= 4 is 39.6 Å². The molecular weight excluding hydrogens is 368 g/mol. The number of likely N-dealkylation sites (N-methyl/N-ethyl adjacent to an activating group) is 1. The average molecular weight is 383 g/mol. The summed E-state index contributed by atoms with van der Waals surface area (Å²) in [5, 5.41) is 0. The summed E-state index contributed by atoms with van der Waals surface area (Å²) < 4.78 is 5.85. The predicted molar refractivity (Wildman–Crippen MR) is 83.8 cm³/mol. The molecule has 0 N–H and O–H groups in total. The third kappa shape index (κ3) is 3.95. The van der Waals surface area contributed by atoms with E-state index >= 15 is 0 Å². The number of amides is 3. The number of hydrogen-bond acceptors (Lipinski definition) is 5. The fraction of sp³-hybridized carbons (Fsp3) is 0.333. The number of hydrogen-bond donors (Lipinski definition) is 0. The fourth-order valence-corrected chi connectivity index (χ4v) is 2.35. The van der Waals surface area contributed by atoms with E-state index in [0.29, 0.717) is 5.56 Å². The number of ether oxygens (including phenoxy) is 1. The van der Waals surface area contributed by atoms with Crippen molar-refractivity contribution in [1.82, 2.24) is 9.80 Å². The average Bonchev–Trinajstić information content (AvgIpc) is 2.73. The van der Waals surface area contributed by atoms with E-state index in [9.17, 15) is 19.2 Å². The van der Waals surface area contributed by atoms with Crippen LogP contribution in [0.2, 0.25) is 0 Å². The van der Waals surface area contributed by atoms with Gasteiger partial charge >= 0.3 is 12.0 Å². The first-order chi connectivity index (χ1) is 10.8. The lowest BCUT2D eigenvalue weighted by Crippen LogP contribution is -2.38. The minimum Gasteiger partial charge on any atom is -0.453 e. The standard InChI is InChI=1S/C15H15BrN2O5/c1-9(14(21)10-3-5-11(16)6-4-10)23-13(20)8-18-12(19)7-17(2)15(18)22/h3-6,9H,7-8H2,1-2H3/t9-/m0/s1. The fourth-order valence-electron chi connectivity index (χ4n) is 2.09. The SMILES string of the molecule is C[C@H](OC(=O)CN1C(=O)CN(C)C1=O)C(=O)c1ccc(Br)cc1. The van der Waals surface area contributed by atoms with Gasteiger partial charge < -0.3 is 9.64 Å². The summed E-state index contributed by atoms with van der Waals surface area (Å²) in [6, 6.07) is 6.08. The quantitative estimate of drug-likeness (QED) is 0.437. The van der Waals surface area contributed by atoms with Crippen molar-refractivity contribution in [1.29, 1.82) is 0 Å². The van der Waals surface area contributed by atoms with Crippen molar-refractivity contribution < 1.29 is 23.9 Å². The highest BCUT2D eigenvalue weighted by atomic mass is 79.9. The van der Waals surface area contributed by atoms with Crippen LogP contribution in [0.3, 0.4) is 0 Å². The van der Waals surface area contributed by atoms with Gasteiger partial charge in [-0.25, -0.2) is 4.79 Å². The molecule has 0 spiro atoms. The van der Waals surface area contributed by atoms with E-state index < -0.39 is 30.6 Å². The van der Waals surface area contributed by atoms with Crippen LogP contribution in [0.5, 0.6) is 0 Å². The molecule has 23 heavy (non-hydrogen) atoms. The topological polar surface area (TPSA) is 84.0 Å². The van der Waals surface area contributed by atoms with Crippen LogP contribution in [-0.4, -0.2) is 59.7 Å². The van der Waals surface area contributed by atoms with Gasteiger partial charge in [-0.05, 0) is 19.1 Å². The molecule has 0 bridgehead atoms. The van der Waals surface area contributed by atoms with Crippen molar-refractivity contribution in [3.8, 4) is 0 Å². The van der Waals surface area contributed by atoms with E-state index in [0.717, 1.165) is 9.37 Å². The van der Waals surface area contributed by atoms with E-state index in [1.807, 2.05) is 0 Å². The molecule has 1 aromatic carbocycles. The van der Waals surface area contributed by atoms with Crippen LogP contribution in [-0.2, 0) is 14.3 Å². The molecule has 1 aromatic rings. The highest BCUT2D eigenvalue weighted by Crippen LogP contribution is 2.14. The third-order valence-corrected chi connectivity index (χ3v) is 3.85. The van der Waals surface area contributed by atoms with Crippen molar-refractivity contribution in [2.45, 2.75) is 13.0 Å². The second-order valence-corrected chi connectivity index (χ2v) is 6.04. The van der Waals surface area contributed by atoms with Crippen LogP contribution in [0.15, 0.2) is 28.7 Å². The van der Waals surface area contributed by atoms with E-state index in [-0.39, 0.29) is 12.3 Å². The number of nitrogens with zero attached hydrogens (tertiary/aromatic N) is 2. The third-order valence-electron chi connectivity index (χ3n) is 3.32. The van der Waals surface area contributed by atoms with E-state index in [1.165, 1.54) is 18.9 Å². The summed E-state index contributed by atoms with van der Waals surface area (Å²) in [5.74, 6) is -1.64. The molecule has 1 atom stereocenters. The van der Waals surface area contributed by atoms with Crippen molar-refractivity contribution in [2.24, 2.45) is 0 Å². The largest absolute Gasteiger partial charge is 0.453 e. The number of carbonyl (C=O) groups excluding carboxylic acids is 4. The number of imide groups is 1. The monoisotopic (exact) mass is 382 g/mol. The van der Waals surface area contributed by atoms with Crippen molar-refractivity contribution in [3.05, 3.63) is 34.3 Å². The highest BCUT2D eigenvalue weighted by molar-refractivity contribution is 9.10. The second-order valence-electron chi connectivity index (χ2n) is 5.12. The number of Topliss-reactive ketones (excluding diaryl/α,β-unsaturated/α-hetero) is 1. The molecule has 1 saturated heterocycles. The maximum Gasteiger partial charge on any atom is 0.327 e. The molecule has 8 heteroatoms. The lowest BCUT2D eigenvalue weighted by molar-refractivity contribution is -0.149. The molecule has 3 amide bonds. The molecular formula is C15H15BrN2O5. The molecule has 0 radical (unpaired) electrons. The molecule has 1 fully saturated rings. The van der Waals surface area contributed by atoms with E-state index in [1.54, 1.807) is 24.3 Å². The molecule has 7 nitrogen and oxygen atoms in total. The molecule has 1 aliphatic heterocycles. The van der Waals surface area contributed by atoms with Gasteiger partial charge in [0.2, 0.25) is 5.78 Å². The van der Waals surface area contributed by atoms with Gasteiger partial charge in [0.1, 0.15) is 13.1 Å². The first kappa shape index (κ1) is 17.1. The molecule has 2 rings (SSSR count). The number of carbonyl (C=O) groups is 4. The minimum absolute atomic E-state index is 0.0699. The summed E-state index contributed by atoms with van der Waals surface area (Å²) in [4.78, 5) is 49.3.